The third-order valence-corrected chi connectivity index (χ3v) is 6.13. The van der Waals surface area contributed by atoms with Crippen LogP contribution in [-0.2, 0) is 16.4 Å². The van der Waals surface area contributed by atoms with E-state index in [-0.39, 0.29) is 4.90 Å². The molecule has 4 rings (SSSR count). The van der Waals surface area contributed by atoms with Crippen LogP contribution in [-0.4, -0.2) is 19.9 Å². The molecule has 1 aliphatic heterocycles. The van der Waals surface area contributed by atoms with E-state index in [9.17, 15) is 12.8 Å². The molecular weight excluding hydrogens is 365 g/mol. The predicted molar refractivity (Wildman–Crippen MR) is 103 cm³/mol. The average Bonchev–Trinajstić information content (AvgIpc) is 3.06. The van der Waals surface area contributed by atoms with Crippen molar-refractivity contribution in [2.45, 2.75) is 18.2 Å². The maximum absolute atomic E-state index is 13.2. The summed E-state index contributed by atoms with van der Waals surface area (Å²) in [6.07, 6.45) is 2.45. The summed E-state index contributed by atoms with van der Waals surface area (Å²) in [5, 5.41) is 0. The van der Waals surface area contributed by atoms with Gasteiger partial charge in [-0.3, -0.25) is 4.72 Å². The van der Waals surface area contributed by atoms with Crippen LogP contribution in [0.2, 0.25) is 0 Å². The quantitative estimate of drug-likeness (QED) is 0.739. The third kappa shape index (κ3) is 3.38. The molecule has 5 nitrogen and oxygen atoms in total. The summed E-state index contributed by atoms with van der Waals surface area (Å²) in [5.41, 5.74) is 3.10. The molecule has 0 aliphatic carbocycles. The fourth-order valence-corrected chi connectivity index (χ4v) is 4.58. The smallest absolute Gasteiger partial charge is 0.262 e. The molecule has 0 saturated carbocycles. The number of para-hydroxylation sites is 1. The predicted octanol–water partition coefficient (Wildman–Crippen LogP) is 4.02. The van der Waals surface area contributed by atoms with Crippen LogP contribution < -0.4 is 9.62 Å². The Balaban J connectivity index is 1.56. The van der Waals surface area contributed by atoms with E-state index < -0.39 is 15.8 Å². The van der Waals surface area contributed by atoms with Crippen molar-refractivity contribution in [3.63, 3.8) is 0 Å². The van der Waals surface area contributed by atoms with Gasteiger partial charge < -0.3 is 4.90 Å². The monoisotopic (exact) mass is 383 g/mol. The molecule has 0 amide bonds. The van der Waals surface area contributed by atoms with E-state index >= 15 is 0 Å². The second-order valence-electron chi connectivity index (χ2n) is 6.45. The Hall–Kier alpha value is -2.93. The molecule has 1 aromatic heterocycles. The Kier molecular flexibility index (Phi) is 4.31. The van der Waals surface area contributed by atoms with Gasteiger partial charge in [-0.05, 0) is 60.9 Å². The topological polar surface area (TPSA) is 62.3 Å². The molecule has 1 aliphatic rings. The molecular formula is C20H18FN3O2S. The Morgan fingerprint density at radius 3 is 2.67 bits per heavy atom. The number of benzene rings is 2. The molecule has 1 N–H and O–H groups in total. The number of fused-ring (bicyclic) bond motifs is 1. The lowest BCUT2D eigenvalue weighted by Crippen LogP contribution is -2.16. The maximum atomic E-state index is 13.2. The first-order chi connectivity index (χ1) is 12.9. The van der Waals surface area contributed by atoms with Gasteiger partial charge in [-0.15, -0.1) is 0 Å². The van der Waals surface area contributed by atoms with E-state index in [1.807, 2.05) is 12.1 Å². The number of anilines is 3. The zero-order chi connectivity index (χ0) is 19.0. The van der Waals surface area contributed by atoms with E-state index in [2.05, 4.69) is 26.7 Å². The summed E-state index contributed by atoms with van der Waals surface area (Å²) in [4.78, 5) is 6.56. The van der Waals surface area contributed by atoms with Crippen LogP contribution in [0.1, 0.15) is 11.1 Å². The van der Waals surface area contributed by atoms with Crippen LogP contribution in [0.4, 0.5) is 21.6 Å². The van der Waals surface area contributed by atoms with Crippen LogP contribution in [0.15, 0.2) is 65.7 Å². The second kappa shape index (κ2) is 6.66. The first kappa shape index (κ1) is 17.5. The van der Waals surface area contributed by atoms with Crippen molar-refractivity contribution >= 4 is 27.2 Å². The zero-order valence-corrected chi connectivity index (χ0v) is 15.5. The molecule has 0 bridgehead atoms. The Bertz CT molecular complexity index is 1100. The molecule has 27 heavy (non-hydrogen) atoms. The highest BCUT2D eigenvalue weighted by Crippen LogP contribution is 2.33. The summed E-state index contributed by atoms with van der Waals surface area (Å²) in [5.74, 6) is 0.296. The number of aryl methyl sites for hydroxylation is 1. The molecule has 2 heterocycles. The number of sulfonamides is 1. The molecule has 0 atom stereocenters. The van der Waals surface area contributed by atoms with Gasteiger partial charge in [0, 0.05) is 12.2 Å². The highest BCUT2D eigenvalue weighted by molar-refractivity contribution is 7.92. The summed E-state index contributed by atoms with van der Waals surface area (Å²) in [7, 11) is -3.81. The van der Waals surface area contributed by atoms with Crippen LogP contribution in [0.25, 0.3) is 0 Å². The zero-order valence-electron chi connectivity index (χ0n) is 14.7. The lowest BCUT2D eigenvalue weighted by atomic mass is 10.2. The van der Waals surface area contributed by atoms with Gasteiger partial charge >= 0.3 is 0 Å². The average molecular weight is 383 g/mol. The molecule has 0 saturated heterocycles. The number of nitrogens with zero attached hydrogens (tertiary/aromatic N) is 2. The van der Waals surface area contributed by atoms with Crippen molar-refractivity contribution in [3.8, 4) is 0 Å². The lowest BCUT2D eigenvalue weighted by molar-refractivity contribution is 0.598. The van der Waals surface area contributed by atoms with Gasteiger partial charge in [0.15, 0.2) is 0 Å². The minimum Gasteiger partial charge on any atom is -0.326 e. The summed E-state index contributed by atoms with van der Waals surface area (Å²) in [6.45, 7) is 2.40. The number of nitrogens with one attached hydrogen (secondary N) is 1. The largest absolute Gasteiger partial charge is 0.326 e. The minimum atomic E-state index is -3.81. The van der Waals surface area contributed by atoms with Gasteiger partial charge in [-0.1, -0.05) is 18.2 Å². The van der Waals surface area contributed by atoms with E-state index in [0.717, 1.165) is 30.5 Å². The Morgan fingerprint density at radius 1 is 1.11 bits per heavy atom. The third-order valence-electron chi connectivity index (χ3n) is 4.59. The van der Waals surface area contributed by atoms with Gasteiger partial charge in [-0.25, -0.2) is 17.8 Å². The van der Waals surface area contributed by atoms with Crippen molar-refractivity contribution in [1.29, 1.82) is 0 Å². The normalized spacial score (nSPS) is 13.5. The van der Waals surface area contributed by atoms with Crippen LogP contribution in [0, 0.1) is 12.7 Å². The van der Waals surface area contributed by atoms with Crippen molar-refractivity contribution in [2.75, 3.05) is 16.2 Å². The summed E-state index contributed by atoms with van der Waals surface area (Å²) < 4.78 is 40.9. The maximum Gasteiger partial charge on any atom is 0.262 e. The molecule has 0 fully saturated rings. The van der Waals surface area contributed by atoms with E-state index in [4.69, 9.17) is 0 Å². The van der Waals surface area contributed by atoms with E-state index in [1.165, 1.54) is 23.9 Å². The number of aromatic nitrogens is 1. The van der Waals surface area contributed by atoms with Crippen LogP contribution in [0.3, 0.4) is 0 Å². The van der Waals surface area contributed by atoms with Gasteiger partial charge in [0.1, 0.15) is 11.6 Å². The van der Waals surface area contributed by atoms with Crippen LogP contribution in [0.5, 0.6) is 0 Å². The highest BCUT2D eigenvalue weighted by Gasteiger charge is 2.21. The van der Waals surface area contributed by atoms with E-state index in [0.29, 0.717) is 11.3 Å². The fourth-order valence-electron chi connectivity index (χ4n) is 3.31. The molecule has 0 unspecified atom stereocenters. The van der Waals surface area contributed by atoms with Gasteiger partial charge in [-0.2, -0.15) is 0 Å². The van der Waals surface area contributed by atoms with E-state index in [1.54, 1.807) is 19.1 Å². The SMILES string of the molecule is Cc1cc(F)ccc1S(=O)(=O)Nc1ccc(N2CCc3ccccc32)nc1. The molecule has 0 radical (unpaired) electrons. The lowest BCUT2D eigenvalue weighted by Gasteiger charge is -2.18. The fraction of sp³-hybridized carbons (Fsp3) is 0.150. The highest BCUT2D eigenvalue weighted by atomic mass is 32.2. The Labute approximate surface area is 157 Å². The standard InChI is InChI=1S/C20H18FN3O2S/c1-14-12-16(21)6-8-19(14)27(25,26)23-17-7-9-20(22-13-17)24-11-10-15-4-2-3-5-18(15)24/h2-9,12-13,23H,10-11H2,1H3. The minimum absolute atomic E-state index is 0.0430. The first-order valence-electron chi connectivity index (χ1n) is 8.54. The molecule has 0 spiro atoms. The van der Waals surface area contributed by atoms with Crippen LogP contribution >= 0.6 is 0 Å². The van der Waals surface area contributed by atoms with Gasteiger partial charge in [0.2, 0.25) is 0 Å². The number of halogens is 1. The van der Waals surface area contributed by atoms with Gasteiger partial charge in [0.05, 0.1) is 16.8 Å². The van der Waals surface area contributed by atoms with Crippen molar-refractivity contribution in [3.05, 3.63) is 77.7 Å². The number of pyridine rings is 1. The summed E-state index contributed by atoms with van der Waals surface area (Å²) in [6, 6.07) is 15.2. The summed E-state index contributed by atoms with van der Waals surface area (Å²) >= 11 is 0. The van der Waals surface area contributed by atoms with Gasteiger partial charge in [0.25, 0.3) is 10.0 Å². The molecule has 2 aromatic carbocycles. The van der Waals surface area contributed by atoms with Crippen molar-refractivity contribution < 1.29 is 12.8 Å². The Morgan fingerprint density at radius 2 is 1.93 bits per heavy atom. The van der Waals surface area contributed by atoms with Crippen molar-refractivity contribution in [1.82, 2.24) is 4.98 Å². The van der Waals surface area contributed by atoms with Crippen molar-refractivity contribution in [2.24, 2.45) is 0 Å². The number of hydrogen-bond donors (Lipinski definition) is 1. The second-order valence-corrected chi connectivity index (χ2v) is 8.10. The molecule has 3 aromatic rings. The molecule has 138 valence electrons. The number of rotatable bonds is 4. The first-order valence-corrected chi connectivity index (χ1v) is 10.0. The molecule has 7 heteroatoms. The number of hydrogen-bond acceptors (Lipinski definition) is 4.